The summed E-state index contributed by atoms with van der Waals surface area (Å²) >= 11 is 0. The van der Waals surface area contributed by atoms with Gasteiger partial charge in [0.25, 0.3) is 0 Å². The number of ether oxygens (including phenoxy) is 3. The highest BCUT2D eigenvalue weighted by Crippen LogP contribution is 2.20. The summed E-state index contributed by atoms with van der Waals surface area (Å²) in [6, 6.07) is 1.75. The molecular formula is C37H74O15Si3. The molecule has 0 aromatic rings. The summed E-state index contributed by atoms with van der Waals surface area (Å²) in [6.45, 7) is 36.5. The van der Waals surface area contributed by atoms with Gasteiger partial charge in [-0.25, -0.2) is 14.4 Å². The van der Waals surface area contributed by atoms with Crippen molar-refractivity contribution in [2.75, 3.05) is 79.3 Å². The normalized spacial score (nSPS) is 11.3. The van der Waals surface area contributed by atoms with Gasteiger partial charge in [0, 0.05) is 88.8 Å². The van der Waals surface area contributed by atoms with Gasteiger partial charge >= 0.3 is 44.3 Å². The highest BCUT2D eigenvalue weighted by molar-refractivity contribution is 6.61. The zero-order chi connectivity index (χ0) is 42.6. The zero-order valence-corrected chi connectivity index (χ0v) is 38.8. The third kappa shape index (κ3) is 28.9. The molecule has 0 fully saturated rings. The van der Waals surface area contributed by atoms with Gasteiger partial charge in [-0.2, -0.15) is 0 Å². The van der Waals surface area contributed by atoms with Gasteiger partial charge in [0.05, 0.1) is 25.9 Å². The van der Waals surface area contributed by atoms with E-state index in [1.165, 1.54) is 0 Å². The van der Waals surface area contributed by atoms with Crippen molar-refractivity contribution in [1.29, 1.82) is 0 Å². The lowest BCUT2D eigenvalue weighted by Gasteiger charge is -2.28. The first-order chi connectivity index (χ1) is 26.2. The Morgan fingerprint density at radius 2 is 0.691 bits per heavy atom. The van der Waals surface area contributed by atoms with Crippen LogP contribution >= 0.6 is 0 Å². The quantitative estimate of drug-likeness (QED) is 0.0227. The van der Waals surface area contributed by atoms with E-state index in [4.69, 9.17) is 54.0 Å². The third-order valence-corrected chi connectivity index (χ3v) is 15.8. The summed E-state index contributed by atoms with van der Waals surface area (Å²) < 4.78 is 66.1. The predicted molar refractivity (Wildman–Crippen MR) is 218 cm³/mol. The van der Waals surface area contributed by atoms with Gasteiger partial charge in [-0.15, -0.1) is 0 Å². The second-order valence-corrected chi connectivity index (χ2v) is 19.3. The Morgan fingerprint density at radius 3 is 0.945 bits per heavy atom. The van der Waals surface area contributed by atoms with Crippen LogP contribution < -0.4 is 0 Å². The Bertz CT molecular complexity index is 992. The minimum absolute atomic E-state index is 0.220. The molecule has 0 aliphatic rings. The van der Waals surface area contributed by atoms with Crippen LogP contribution in [0.1, 0.15) is 89.0 Å². The van der Waals surface area contributed by atoms with Crippen LogP contribution in [-0.4, -0.2) is 124 Å². The maximum atomic E-state index is 11.3. The maximum absolute atomic E-state index is 11.3. The average molecular weight is 843 g/mol. The number of rotatable bonds is 32. The summed E-state index contributed by atoms with van der Waals surface area (Å²) in [7, 11) is -7.91. The van der Waals surface area contributed by atoms with E-state index in [1.807, 2.05) is 62.3 Å². The van der Waals surface area contributed by atoms with E-state index in [2.05, 4.69) is 19.7 Å². The fourth-order valence-corrected chi connectivity index (χ4v) is 12.0. The van der Waals surface area contributed by atoms with Crippen molar-refractivity contribution >= 4 is 44.3 Å². The number of carbonyl (C=O) groups is 3. The summed E-state index contributed by atoms with van der Waals surface area (Å²) in [5.74, 6) is -1.18. The molecule has 0 unspecified atom stereocenters. The first kappa shape index (κ1) is 57.2. The lowest BCUT2D eigenvalue weighted by molar-refractivity contribution is -0.139. The molecule has 0 aromatic carbocycles. The molecule has 0 atom stereocenters. The van der Waals surface area contributed by atoms with Crippen molar-refractivity contribution in [2.45, 2.75) is 107 Å². The van der Waals surface area contributed by atoms with E-state index in [0.29, 0.717) is 115 Å². The Morgan fingerprint density at radius 1 is 0.436 bits per heavy atom. The fourth-order valence-electron chi connectivity index (χ4n) is 4.49. The molecule has 0 radical (unpaired) electrons. The van der Waals surface area contributed by atoms with E-state index in [9.17, 15) is 14.4 Å². The van der Waals surface area contributed by atoms with Gasteiger partial charge in [-0.05, 0) is 89.0 Å². The number of carbonyl (C=O) groups excluding carboxylic acids is 3. The summed E-state index contributed by atoms with van der Waals surface area (Å²) in [5, 5.41) is 0. The highest BCUT2D eigenvalue weighted by atomic mass is 28.4. The second-order valence-electron chi connectivity index (χ2n) is 11.1. The third-order valence-electron chi connectivity index (χ3n) is 6.52. The van der Waals surface area contributed by atoms with Crippen molar-refractivity contribution < 1.29 is 68.4 Å². The molecule has 324 valence electrons. The Hall–Kier alpha value is -2.08. The minimum Gasteiger partial charge on any atom is -0.463 e. The number of hydrogen-bond donors (Lipinski definition) is 0. The lowest BCUT2D eigenvalue weighted by atomic mass is 10.4. The van der Waals surface area contributed by atoms with Crippen LogP contribution in [0.4, 0.5) is 0 Å². The van der Waals surface area contributed by atoms with Crippen molar-refractivity contribution in [3.05, 3.63) is 37.0 Å². The van der Waals surface area contributed by atoms with E-state index in [0.717, 1.165) is 6.08 Å². The van der Waals surface area contributed by atoms with Gasteiger partial charge in [0.15, 0.2) is 0 Å². The van der Waals surface area contributed by atoms with Crippen LogP contribution in [-0.2, 0) is 68.4 Å². The molecular weight excluding hydrogens is 769 g/mol. The fraction of sp³-hybridized carbons (Fsp3) is 0.757. The molecule has 15 nitrogen and oxygen atoms in total. The van der Waals surface area contributed by atoms with Crippen molar-refractivity contribution in [3.63, 3.8) is 0 Å². The molecule has 0 N–H and O–H groups in total. The summed E-state index contributed by atoms with van der Waals surface area (Å²) in [6.07, 6.45) is 2.47. The predicted octanol–water partition coefficient (Wildman–Crippen LogP) is 6.85. The van der Waals surface area contributed by atoms with Gasteiger partial charge in [-0.3, -0.25) is 0 Å². The zero-order valence-electron chi connectivity index (χ0n) is 35.8. The van der Waals surface area contributed by atoms with E-state index < -0.39 is 38.4 Å². The lowest BCUT2D eigenvalue weighted by Crippen LogP contribution is -2.47. The van der Waals surface area contributed by atoms with Crippen LogP contribution in [0.3, 0.4) is 0 Å². The van der Waals surface area contributed by atoms with Crippen molar-refractivity contribution in [2.24, 2.45) is 0 Å². The topological polar surface area (TPSA) is 162 Å². The highest BCUT2D eigenvalue weighted by Gasteiger charge is 2.41. The van der Waals surface area contributed by atoms with Crippen LogP contribution in [0.25, 0.3) is 0 Å². The van der Waals surface area contributed by atoms with Gasteiger partial charge in [0.2, 0.25) is 0 Å². The van der Waals surface area contributed by atoms with Crippen LogP contribution in [0, 0.1) is 0 Å². The molecule has 0 aliphatic carbocycles. The molecule has 0 rings (SSSR count). The number of esters is 3. The molecule has 0 spiro atoms. The van der Waals surface area contributed by atoms with Gasteiger partial charge in [0.1, 0.15) is 0 Å². The van der Waals surface area contributed by atoms with Crippen molar-refractivity contribution in [1.82, 2.24) is 0 Å². The monoisotopic (exact) mass is 842 g/mol. The number of hydrogen-bond acceptors (Lipinski definition) is 15. The standard InChI is InChI=1S/C13H26O5Si.2C12H24O5Si/c1-6-16-19(17-7-2,18-8-3)11-9-10-15-13(14)12(4)5;1-6-15-18(16-7-2,17-8-3)10-9-14-12(13)11(4)5;1-5-12(13)14-10-9-11-18(15-6-2,16-7-3)17-8-4/h4,6-11H2,1-3,5H3;4,6-10H2,1-3,5H3;5H,1,6-11H2,2-4H3. The molecule has 0 aliphatic heterocycles. The molecule has 0 saturated heterocycles. The Balaban J connectivity index is -0.000000738. The summed E-state index contributed by atoms with van der Waals surface area (Å²) in [5.41, 5.74) is 0.787. The molecule has 0 heterocycles. The smallest absolute Gasteiger partial charge is 0.463 e. The van der Waals surface area contributed by atoms with Crippen LogP contribution in [0.2, 0.25) is 18.1 Å². The molecule has 0 amide bonds. The SMILES string of the molecule is C=C(C)C(=O)OCCC[Si](OCC)(OCC)OCC.C=C(C)C(=O)OCC[Si](OCC)(OCC)OCC.C=CC(=O)OCCC[Si](OCC)(OCC)OCC. The molecule has 0 saturated carbocycles. The first-order valence-corrected chi connectivity index (χ1v) is 25.2. The van der Waals surface area contributed by atoms with Crippen LogP contribution in [0.15, 0.2) is 37.0 Å². The molecule has 55 heavy (non-hydrogen) atoms. The molecule has 0 bridgehead atoms. The second kappa shape index (κ2) is 36.3. The van der Waals surface area contributed by atoms with E-state index in [1.54, 1.807) is 13.8 Å². The van der Waals surface area contributed by atoms with E-state index >= 15 is 0 Å². The molecule has 0 aromatic heterocycles. The van der Waals surface area contributed by atoms with Crippen molar-refractivity contribution in [3.8, 4) is 0 Å². The Kier molecular flexibility index (Phi) is 37.8. The minimum atomic E-state index is -2.70. The first-order valence-electron chi connectivity index (χ1n) is 19.4. The maximum Gasteiger partial charge on any atom is 0.504 e. The largest absolute Gasteiger partial charge is 0.504 e. The van der Waals surface area contributed by atoms with Gasteiger partial charge in [-0.1, -0.05) is 19.7 Å². The Labute approximate surface area is 335 Å². The molecule has 18 heteroatoms. The average Bonchev–Trinajstić information content (AvgIpc) is 3.13. The van der Waals surface area contributed by atoms with E-state index in [-0.39, 0.29) is 12.6 Å². The summed E-state index contributed by atoms with van der Waals surface area (Å²) in [4.78, 5) is 33.4. The van der Waals surface area contributed by atoms with Crippen LogP contribution in [0.5, 0.6) is 0 Å². The van der Waals surface area contributed by atoms with Gasteiger partial charge < -0.3 is 54.0 Å².